The first-order valence-corrected chi connectivity index (χ1v) is 8.76. The lowest BCUT2D eigenvalue weighted by atomic mass is 9.98. The fraction of sp³-hybridized carbons (Fsp3) is 0.500. The molecule has 0 N–H and O–H groups in total. The molecule has 1 aromatic heterocycles. The summed E-state index contributed by atoms with van der Waals surface area (Å²) in [5, 5.41) is 1.62. The van der Waals surface area contributed by atoms with Crippen LogP contribution < -0.4 is 0 Å². The molecule has 0 aromatic carbocycles. The van der Waals surface area contributed by atoms with E-state index in [1.165, 1.54) is 16.7 Å². The van der Waals surface area contributed by atoms with Crippen LogP contribution in [0.15, 0.2) is 23.4 Å². The quantitative estimate of drug-likeness (QED) is 0.791. The van der Waals surface area contributed by atoms with Crippen LogP contribution in [-0.4, -0.2) is 57.2 Å². The highest BCUT2D eigenvalue weighted by molar-refractivity contribution is 8.14. The molecule has 0 bridgehead atoms. The smallest absolute Gasteiger partial charge is 0.374 e. The molecule has 1 aromatic rings. The van der Waals surface area contributed by atoms with Crippen molar-refractivity contribution in [2.24, 2.45) is 0 Å². The molecule has 0 aliphatic carbocycles. The van der Waals surface area contributed by atoms with Gasteiger partial charge in [0.15, 0.2) is 11.0 Å². The average Bonchev–Trinajstić information content (AvgIpc) is 3.19. The van der Waals surface area contributed by atoms with E-state index in [0.29, 0.717) is 19.7 Å². The maximum Gasteiger partial charge on any atom is 0.501 e. The second-order valence-electron chi connectivity index (χ2n) is 5.88. The Bertz CT molecular complexity index is 712. The highest BCUT2D eigenvalue weighted by Crippen LogP contribution is 2.43. The SMILES string of the molecule is CC[N+]1=C2Sc3ncccc3C2C(=O)N(CC2CCCO2)C1=O. The van der Waals surface area contributed by atoms with Crippen molar-refractivity contribution in [3.8, 4) is 0 Å². The number of hydrogen-bond donors (Lipinski definition) is 0. The number of hydrogen-bond acceptors (Lipinski definition) is 5. The molecular weight excluding hydrogens is 314 g/mol. The van der Waals surface area contributed by atoms with Crippen LogP contribution in [-0.2, 0) is 9.53 Å². The number of ether oxygens (including phenoxy) is 1. The maximum absolute atomic E-state index is 13.0. The van der Waals surface area contributed by atoms with Crippen molar-refractivity contribution < 1.29 is 18.9 Å². The molecule has 0 spiro atoms. The summed E-state index contributed by atoms with van der Waals surface area (Å²) >= 11 is 1.44. The molecule has 7 heteroatoms. The molecule has 3 amide bonds. The van der Waals surface area contributed by atoms with Crippen LogP contribution in [0.5, 0.6) is 0 Å². The van der Waals surface area contributed by atoms with Crippen molar-refractivity contribution in [1.82, 2.24) is 9.88 Å². The van der Waals surface area contributed by atoms with Crippen LogP contribution in [0.4, 0.5) is 4.79 Å². The molecule has 0 radical (unpaired) electrons. The minimum atomic E-state index is -0.400. The van der Waals surface area contributed by atoms with Gasteiger partial charge in [0.1, 0.15) is 11.6 Å². The van der Waals surface area contributed by atoms with Gasteiger partial charge in [-0.3, -0.25) is 0 Å². The second-order valence-corrected chi connectivity index (χ2v) is 6.89. The Morgan fingerprint density at radius 3 is 3.09 bits per heavy atom. The van der Waals surface area contributed by atoms with Gasteiger partial charge in [0, 0.05) is 18.4 Å². The van der Waals surface area contributed by atoms with E-state index in [2.05, 4.69) is 4.98 Å². The summed E-state index contributed by atoms with van der Waals surface area (Å²) in [5.41, 5.74) is 0.904. The summed E-state index contributed by atoms with van der Waals surface area (Å²) in [6.07, 6.45) is 3.57. The molecule has 0 saturated carbocycles. The first kappa shape index (κ1) is 14.8. The van der Waals surface area contributed by atoms with Gasteiger partial charge in [-0.1, -0.05) is 6.07 Å². The number of amides is 3. The van der Waals surface area contributed by atoms with Crippen molar-refractivity contribution in [2.75, 3.05) is 19.7 Å². The molecular formula is C16H18N3O3S+. The number of aromatic nitrogens is 1. The molecule has 1 saturated heterocycles. The summed E-state index contributed by atoms with van der Waals surface area (Å²) < 4.78 is 7.31. The summed E-state index contributed by atoms with van der Waals surface area (Å²) in [7, 11) is 0. The monoisotopic (exact) mass is 332 g/mol. The van der Waals surface area contributed by atoms with Gasteiger partial charge in [-0.2, -0.15) is 14.3 Å². The standard InChI is InChI=1S/C16H18N3O3S/c1-2-18-15-12(11-6-3-7-17-13(11)23-15)14(20)19(16(18)21)9-10-5-4-8-22-10/h3,6-7,10,12H,2,4-5,8-9H2,1H3/q+1. The molecule has 2 atom stereocenters. The fourth-order valence-electron chi connectivity index (χ4n) is 3.39. The van der Waals surface area contributed by atoms with Gasteiger partial charge in [0.25, 0.3) is 0 Å². The molecule has 3 aliphatic rings. The molecule has 3 aliphatic heterocycles. The molecule has 23 heavy (non-hydrogen) atoms. The fourth-order valence-corrected chi connectivity index (χ4v) is 4.67. The first-order chi connectivity index (χ1) is 11.2. The number of thioether (sulfide) groups is 1. The normalized spacial score (nSPS) is 26.7. The lowest BCUT2D eigenvalue weighted by Gasteiger charge is -2.25. The van der Waals surface area contributed by atoms with E-state index >= 15 is 0 Å². The maximum atomic E-state index is 13.0. The zero-order valence-electron chi connectivity index (χ0n) is 12.9. The predicted octanol–water partition coefficient (Wildman–Crippen LogP) is 1.84. The van der Waals surface area contributed by atoms with Gasteiger partial charge >= 0.3 is 11.9 Å². The Morgan fingerprint density at radius 2 is 2.35 bits per heavy atom. The van der Waals surface area contributed by atoms with Crippen molar-refractivity contribution in [1.29, 1.82) is 0 Å². The lowest BCUT2D eigenvalue weighted by Crippen LogP contribution is -2.54. The van der Waals surface area contributed by atoms with Crippen LogP contribution in [0.1, 0.15) is 31.2 Å². The van der Waals surface area contributed by atoms with Crippen LogP contribution in [0, 0.1) is 0 Å². The zero-order valence-corrected chi connectivity index (χ0v) is 13.7. The number of carbonyl (C=O) groups excluding carboxylic acids is 2. The Hall–Kier alpha value is -1.73. The van der Waals surface area contributed by atoms with E-state index < -0.39 is 5.92 Å². The molecule has 120 valence electrons. The van der Waals surface area contributed by atoms with Crippen molar-refractivity contribution in [3.05, 3.63) is 23.9 Å². The lowest BCUT2D eigenvalue weighted by molar-refractivity contribution is -0.433. The molecule has 4 rings (SSSR count). The van der Waals surface area contributed by atoms with Gasteiger partial charge < -0.3 is 4.74 Å². The number of fused-ring (bicyclic) bond motifs is 3. The number of imide groups is 1. The van der Waals surface area contributed by atoms with E-state index in [9.17, 15) is 9.59 Å². The Labute approximate surface area is 138 Å². The van der Waals surface area contributed by atoms with Crippen LogP contribution in [0.2, 0.25) is 0 Å². The van der Waals surface area contributed by atoms with E-state index in [1.54, 1.807) is 10.8 Å². The molecule has 2 unspecified atom stereocenters. The number of nitrogens with zero attached hydrogens (tertiary/aromatic N) is 3. The Balaban J connectivity index is 1.74. The van der Waals surface area contributed by atoms with Gasteiger partial charge in [0.2, 0.25) is 0 Å². The zero-order chi connectivity index (χ0) is 16.0. The number of rotatable bonds is 3. The summed E-state index contributed by atoms with van der Waals surface area (Å²) in [5.74, 6) is -0.549. The third-order valence-electron chi connectivity index (χ3n) is 4.53. The molecule has 4 heterocycles. The third kappa shape index (κ3) is 2.30. The highest BCUT2D eigenvalue weighted by Gasteiger charge is 2.53. The summed E-state index contributed by atoms with van der Waals surface area (Å²) in [6, 6.07) is 3.53. The van der Waals surface area contributed by atoms with Crippen LogP contribution in [0.25, 0.3) is 0 Å². The summed E-state index contributed by atoms with van der Waals surface area (Å²) in [6.45, 7) is 3.53. The predicted molar refractivity (Wildman–Crippen MR) is 84.7 cm³/mol. The van der Waals surface area contributed by atoms with E-state index in [-0.39, 0.29) is 18.0 Å². The van der Waals surface area contributed by atoms with E-state index in [4.69, 9.17) is 4.74 Å². The van der Waals surface area contributed by atoms with E-state index in [0.717, 1.165) is 28.5 Å². The third-order valence-corrected chi connectivity index (χ3v) is 5.73. The van der Waals surface area contributed by atoms with Gasteiger partial charge in [-0.25, -0.2) is 9.78 Å². The van der Waals surface area contributed by atoms with Crippen LogP contribution >= 0.6 is 11.8 Å². The largest absolute Gasteiger partial charge is 0.501 e. The average molecular weight is 332 g/mol. The Morgan fingerprint density at radius 1 is 1.48 bits per heavy atom. The minimum absolute atomic E-state index is 0.0365. The van der Waals surface area contributed by atoms with Crippen molar-refractivity contribution in [3.63, 3.8) is 0 Å². The molecule has 6 nitrogen and oxygen atoms in total. The van der Waals surface area contributed by atoms with Gasteiger partial charge in [0.05, 0.1) is 12.6 Å². The van der Waals surface area contributed by atoms with Crippen molar-refractivity contribution >= 4 is 28.7 Å². The van der Waals surface area contributed by atoms with Crippen LogP contribution in [0.3, 0.4) is 0 Å². The number of carbonyl (C=O) groups is 2. The van der Waals surface area contributed by atoms with Gasteiger partial charge in [-0.05, 0) is 37.6 Å². The topological polar surface area (TPSA) is 62.5 Å². The summed E-state index contributed by atoms with van der Waals surface area (Å²) in [4.78, 5) is 31.5. The number of pyridine rings is 1. The Kier molecular flexibility index (Phi) is 3.69. The first-order valence-electron chi connectivity index (χ1n) is 7.94. The molecule has 1 fully saturated rings. The van der Waals surface area contributed by atoms with Gasteiger partial charge in [-0.15, -0.1) is 0 Å². The minimum Gasteiger partial charge on any atom is -0.374 e. The van der Waals surface area contributed by atoms with E-state index in [1.807, 2.05) is 19.1 Å². The second kappa shape index (κ2) is 5.72. The highest BCUT2D eigenvalue weighted by atomic mass is 32.2. The van der Waals surface area contributed by atoms with Crippen molar-refractivity contribution in [2.45, 2.75) is 36.8 Å². The number of urea groups is 1.